The Labute approximate surface area is 170 Å². The summed E-state index contributed by atoms with van der Waals surface area (Å²) < 4.78 is 0.744. The molecule has 3 fully saturated rings. The first-order valence-corrected chi connectivity index (χ1v) is 10.2. The molecule has 7 heteroatoms. The number of nitrogens with zero attached hydrogens (tertiary/aromatic N) is 3. The summed E-state index contributed by atoms with van der Waals surface area (Å²) in [6.07, 6.45) is 0.990. The Morgan fingerprint density at radius 2 is 1.56 bits per heavy atom. The number of benzene rings is 2. The number of imide groups is 1. The van der Waals surface area contributed by atoms with Crippen molar-refractivity contribution in [1.82, 2.24) is 10.0 Å². The predicted octanol–water partition coefficient (Wildman–Crippen LogP) is 3.64. The van der Waals surface area contributed by atoms with Crippen LogP contribution in [-0.2, 0) is 9.59 Å². The molecule has 27 heavy (non-hydrogen) atoms. The minimum Gasteiger partial charge on any atom is -0.274 e. The molecule has 3 aliphatic rings. The van der Waals surface area contributed by atoms with Crippen LogP contribution in [0, 0.1) is 5.92 Å². The number of fused-ring (bicyclic) bond motifs is 3. The molecular weight excluding hydrogens is 430 g/mol. The summed E-state index contributed by atoms with van der Waals surface area (Å²) in [7, 11) is 0. The molecule has 0 saturated carbocycles. The number of amides is 2. The number of hydrogen-bond acceptors (Lipinski definition) is 4. The monoisotopic (exact) mass is 445 g/mol. The van der Waals surface area contributed by atoms with E-state index >= 15 is 0 Å². The molecule has 0 aliphatic carbocycles. The highest BCUT2D eigenvalue weighted by Gasteiger charge is 2.62. The lowest BCUT2D eigenvalue weighted by molar-refractivity contribution is -0.126. The fraction of sp³-hybridized carbons (Fsp3) is 0.300. The zero-order valence-electron chi connectivity index (χ0n) is 14.4. The van der Waals surface area contributed by atoms with Crippen molar-refractivity contribution < 1.29 is 9.59 Å². The lowest BCUT2D eigenvalue weighted by Crippen LogP contribution is -2.44. The van der Waals surface area contributed by atoms with Crippen molar-refractivity contribution in [3.63, 3.8) is 0 Å². The van der Waals surface area contributed by atoms with E-state index in [-0.39, 0.29) is 17.9 Å². The van der Waals surface area contributed by atoms with Crippen LogP contribution in [-0.4, -0.2) is 41.0 Å². The van der Waals surface area contributed by atoms with Crippen LogP contribution in [0.3, 0.4) is 0 Å². The lowest BCUT2D eigenvalue weighted by atomic mass is 9.90. The molecule has 0 bridgehead atoms. The number of hydrazine groups is 1. The maximum atomic E-state index is 13.4. The smallest absolute Gasteiger partial charge is 0.253 e. The zero-order chi connectivity index (χ0) is 18.7. The molecule has 3 atom stereocenters. The first kappa shape index (κ1) is 17.4. The third kappa shape index (κ3) is 2.51. The highest BCUT2D eigenvalue weighted by molar-refractivity contribution is 9.10. The molecule has 0 spiro atoms. The average Bonchev–Trinajstić information content (AvgIpc) is 3.30. The van der Waals surface area contributed by atoms with Gasteiger partial charge in [0, 0.05) is 22.6 Å². The van der Waals surface area contributed by atoms with Gasteiger partial charge in [-0.05, 0) is 52.2 Å². The molecule has 3 heterocycles. The summed E-state index contributed by atoms with van der Waals surface area (Å²) in [4.78, 5) is 28.1. The number of rotatable bonds is 2. The summed E-state index contributed by atoms with van der Waals surface area (Å²) in [5.74, 6) is -0.683. The van der Waals surface area contributed by atoms with E-state index in [1.165, 1.54) is 4.90 Å². The van der Waals surface area contributed by atoms with Gasteiger partial charge >= 0.3 is 0 Å². The van der Waals surface area contributed by atoms with E-state index < -0.39 is 12.0 Å². The summed E-state index contributed by atoms with van der Waals surface area (Å²) >= 11 is 9.54. The maximum absolute atomic E-state index is 13.4. The van der Waals surface area contributed by atoms with Gasteiger partial charge in [0.25, 0.3) is 5.91 Å². The molecule has 138 valence electrons. The van der Waals surface area contributed by atoms with Gasteiger partial charge in [0.05, 0.1) is 17.6 Å². The number of para-hydroxylation sites is 1. The van der Waals surface area contributed by atoms with Crippen molar-refractivity contribution in [2.45, 2.75) is 18.5 Å². The molecule has 0 unspecified atom stereocenters. The van der Waals surface area contributed by atoms with Gasteiger partial charge in [0.2, 0.25) is 5.91 Å². The summed E-state index contributed by atoms with van der Waals surface area (Å²) in [6.45, 7) is 1.66. The largest absolute Gasteiger partial charge is 0.274 e. The van der Waals surface area contributed by atoms with E-state index in [2.05, 4.69) is 25.9 Å². The molecule has 2 aromatic carbocycles. The zero-order valence-corrected chi connectivity index (χ0v) is 16.7. The molecular formula is C20H17BrClN3O2. The Hall–Kier alpha value is -1.73. The standard InChI is InChI=1S/C20H17BrClN3O2/c21-14-4-1-2-5-15(14)25-19(26)16-17(12-6-8-13(22)9-7-12)23-10-3-11-24(23)18(16)20(25)27/h1-2,4-9,16-18H,3,10-11H2/t16-,17+,18+/m0/s1. The molecule has 5 rings (SSSR count). The van der Waals surface area contributed by atoms with Gasteiger partial charge in [-0.25, -0.2) is 14.9 Å². The maximum Gasteiger partial charge on any atom is 0.253 e. The topological polar surface area (TPSA) is 43.9 Å². The number of halogens is 2. The minimum atomic E-state index is -0.437. The molecule has 3 saturated heterocycles. The number of carbonyl (C=O) groups excluding carboxylic acids is 2. The van der Waals surface area contributed by atoms with Crippen LogP contribution in [0.4, 0.5) is 5.69 Å². The number of hydrogen-bond donors (Lipinski definition) is 0. The molecule has 2 aromatic rings. The molecule has 0 N–H and O–H groups in total. The lowest BCUT2D eigenvalue weighted by Gasteiger charge is -2.30. The van der Waals surface area contributed by atoms with Crippen molar-refractivity contribution in [2.24, 2.45) is 5.92 Å². The van der Waals surface area contributed by atoms with E-state index in [0.717, 1.165) is 29.5 Å². The Morgan fingerprint density at radius 3 is 2.26 bits per heavy atom. The fourth-order valence-electron chi connectivity index (χ4n) is 4.64. The normalized spacial score (nSPS) is 28.1. The van der Waals surface area contributed by atoms with Crippen LogP contribution in [0.5, 0.6) is 0 Å². The van der Waals surface area contributed by atoms with Gasteiger partial charge in [-0.2, -0.15) is 0 Å². The first-order valence-electron chi connectivity index (χ1n) is 8.99. The molecule has 0 aromatic heterocycles. The molecule has 3 aliphatic heterocycles. The summed E-state index contributed by atoms with van der Waals surface area (Å²) in [5.41, 5.74) is 1.64. The van der Waals surface area contributed by atoms with Crippen molar-refractivity contribution in [2.75, 3.05) is 18.0 Å². The van der Waals surface area contributed by atoms with Crippen molar-refractivity contribution in [3.8, 4) is 0 Å². The van der Waals surface area contributed by atoms with Crippen LogP contribution in [0.15, 0.2) is 53.0 Å². The Kier molecular flexibility index (Phi) is 4.13. The van der Waals surface area contributed by atoms with Crippen LogP contribution >= 0.6 is 27.5 Å². The first-order chi connectivity index (χ1) is 13.1. The van der Waals surface area contributed by atoms with E-state index in [1.807, 2.05) is 42.5 Å². The fourth-order valence-corrected chi connectivity index (χ4v) is 5.23. The van der Waals surface area contributed by atoms with Crippen LogP contribution in [0.2, 0.25) is 5.02 Å². The average molecular weight is 447 g/mol. The van der Waals surface area contributed by atoms with Gasteiger partial charge in [0.15, 0.2) is 0 Å². The highest BCUT2D eigenvalue weighted by atomic mass is 79.9. The van der Waals surface area contributed by atoms with Crippen LogP contribution in [0.1, 0.15) is 18.0 Å². The third-order valence-corrected chi connectivity index (χ3v) is 6.63. The van der Waals surface area contributed by atoms with E-state index in [9.17, 15) is 9.59 Å². The predicted molar refractivity (Wildman–Crippen MR) is 106 cm³/mol. The van der Waals surface area contributed by atoms with Gasteiger partial charge in [-0.15, -0.1) is 0 Å². The quantitative estimate of drug-likeness (QED) is 0.661. The minimum absolute atomic E-state index is 0.133. The van der Waals surface area contributed by atoms with Crippen LogP contribution in [0.25, 0.3) is 0 Å². The molecule has 5 nitrogen and oxygen atoms in total. The number of carbonyl (C=O) groups is 2. The van der Waals surface area contributed by atoms with Gasteiger partial charge in [-0.1, -0.05) is 35.9 Å². The van der Waals surface area contributed by atoms with E-state index in [4.69, 9.17) is 11.6 Å². The van der Waals surface area contributed by atoms with Gasteiger partial charge in [0.1, 0.15) is 6.04 Å². The van der Waals surface area contributed by atoms with E-state index in [0.29, 0.717) is 10.7 Å². The Bertz CT molecular complexity index is 935. The van der Waals surface area contributed by atoms with Crippen molar-refractivity contribution in [1.29, 1.82) is 0 Å². The summed E-state index contributed by atoms with van der Waals surface area (Å²) in [5, 5.41) is 4.96. The second-order valence-electron chi connectivity index (χ2n) is 7.11. The highest BCUT2D eigenvalue weighted by Crippen LogP contribution is 2.49. The van der Waals surface area contributed by atoms with Gasteiger partial charge < -0.3 is 0 Å². The number of anilines is 1. The molecule has 0 radical (unpaired) electrons. The Balaban J connectivity index is 1.60. The van der Waals surface area contributed by atoms with Crippen molar-refractivity contribution in [3.05, 3.63) is 63.6 Å². The van der Waals surface area contributed by atoms with Crippen molar-refractivity contribution >= 4 is 45.0 Å². The molecule has 2 amide bonds. The second-order valence-corrected chi connectivity index (χ2v) is 8.40. The SMILES string of the molecule is O=C1[C@H]2[C@@H](c3ccc(Cl)cc3)N3CCCN3[C@H]2C(=O)N1c1ccccc1Br. The summed E-state index contributed by atoms with van der Waals surface area (Å²) in [6, 6.07) is 14.4. The van der Waals surface area contributed by atoms with E-state index in [1.54, 1.807) is 6.07 Å². The second kappa shape index (κ2) is 6.41. The third-order valence-electron chi connectivity index (χ3n) is 5.71. The van der Waals surface area contributed by atoms with Gasteiger partial charge in [-0.3, -0.25) is 9.59 Å². The van der Waals surface area contributed by atoms with Crippen LogP contribution < -0.4 is 4.90 Å². The Morgan fingerprint density at radius 1 is 0.889 bits per heavy atom.